The third-order valence-corrected chi connectivity index (χ3v) is 8.01. The second-order valence-corrected chi connectivity index (χ2v) is 11.6. The Kier molecular flexibility index (Phi) is 9.00. The molecule has 180 valence electrons. The van der Waals surface area contributed by atoms with Gasteiger partial charge in [-0.2, -0.15) is 0 Å². The van der Waals surface area contributed by atoms with Crippen molar-refractivity contribution in [2.75, 3.05) is 6.61 Å². The van der Waals surface area contributed by atoms with Crippen molar-refractivity contribution in [3.63, 3.8) is 0 Å². The summed E-state index contributed by atoms with van der Waals surface area (Å²) >= 11 is 5.28. The number of rotatable bonds is 10. The third-order valence-electron chi connectivity index (χ3n) is 5.57. The van der Waals surface area contributed by atoms with E-state index in [0.717, 1.165) is 16.7 Å². The molecule has 34 heavy (non-hydrogen) atoms. The van der Waals surface area contributed by atoms with Gasteiger partial charge in [0.2, 0.25) is 6.49 Å². The topological polar surface area (TPSA) is 77.4 Å². The number of ether oxygens (including phenoxy) is 3. The average Bonchev–Trinajstić information content (AvgIpc) is 2.86. The third kappa shape index (κ3) is 6.81. The minimum absolute atomic E-state index is 0.130. The zero-order valence-electron chi connectivity index (χ0n) is 18.7. The molecule has 3 aromatic rings. The van der Waals surface area contributed by atoms with E-state index in [-0.39, 0.29) is 19.8 Å². The molecule has 1 fully saturated rings. The predicted octanol–water partition coefficient (Wildman–Crippen LogP) is 4.39. The van der Waals surface area contributed by atoms with E-state index in [9.17, 15) is 10.00 Å². The first-order valence-corrected chi connectivity index (χ1v) is 13.9. The molecule has 1 aliphatic rings. The molecule has 0 saturated carbocycles. The van der Waals surface area contributed by atoms with Crippen LogP contribution in [0.3, 0.4) is 0 Å². The van der Waals surface area contributed by atoms with Crippen LogP contribution in [0.2, 0.25) is 0 Å². The molecule has 1 saturated heterocycles. The molecule has 1 aliphatic heterocycles. The van der Waals surface area contributed by atoms with Crippen LogP contribution in [0.25, 0.3) is 0 Å². The van der Waals surface area contributed by atoms with Gasteiger partial charge in [-0.3, -0.25) is 0 Å². The second-order valence-electron chi connectivity index (χ2n) is 8.14. The summed E-state index contributed by atoms with van der Waals surface area (Å²) in [5.41, 5.74) is 2.92. The molecule has 0 amide bonds. The first-order chi connectivity index (χ1) is 16.5. The standard InChI is InChI=1S/C26H29O6PS/c27-26-25(31-18-22-14-8-3-9-15-22)24(30-17-21-12-6-2-7-13-21)23(32-33(26,28)34)19-29-16-20-10-4-1-5-11-20/h1-15,23-27H,16-19H2,(H,28,34)/t23-,24-,25+,26+,33?/m1/s1. The summed E-state index contributed by atoms with van der Waals surface area (Å²) in [5, 5.41) is 10.9. The number of aliphatic hydroxyl groups excluding tert-OH is 1. The fraction of sp³-hybridized carbons (Fsp3) is 0.308. The Morgan fingerprint density at radius 2 is 1.15 bits per heavy atom. The maximum Gasteiger partial charge on any atom is 0.218 e. The van der Waals surface area contributed by atoms with Crippen molar-refractivity contribution in [3.8, 4) is 0 Å². The van der Waals surface area contributed by atoms with E-state index in [0.29, 0.717) is 6.61 Å². The first-order valence-electron chi connectivity index (χ1n) is 11.1. The Balaban J connectivity index is 1.50. The molecular formula is C26H29O6PS. The quantitative estimate of drug-likeness (QED) is 0.400. The van der Waals surface area contributed by atoms with Gasteiger partial charge >= 0.3 is 0 Å². The Bertz CT molecular complexity index is 1050. The highest BCUT2D eigenvalue weighted by Crippen LogP contribution is 2.55. The molecule has 3 aromatic carbocycles. The van der Waals surface area contributed by atoms with Gasteiger partial charge < -0.3 is 28.7 Å². The summed E-state index contributed by atoms with van der Waals surface area (Å²) in [6.45, 7) is -2.52. The van der Waals surface area contributed by atoms with Gasteiger partial charge in [0.25, 0.3) is 0 Å². The molecule has 0 aromatic heterocycles. The van der Waals surface area contributed by atoms with Crippen LogP contribution in [-0.4, -0.2) is 40.8 Å². The van der Waals surface area contributed by atoms with Gasteiger partial charge in [-0.05, 0) is 28.5 Å². The van der Waals surface area contributed by atoms with Gasteiger partial charge in [0.1, 0.15) is 18.3 Å². The normalized spacial score (nSPS) is 26.9. The van der Waals surface area contributed by atoms with Crippen molar-refractivity contribution in [1.29, 1.82) is 0 Å². The number of benzene rings is 3. The SMILES string of the molecule is O[C@@H]1[C@@H](OCc2ccccc2)[C@H](OCc2ccccc2)[C@@H](COCc2ccccc2)OP1(O)=S. The average molecular weight is 501 g/mol. The summed E-state index contributed by atoms with van der Waals surface area (Å²) in [6.07, 6.45) is -2.27. The molecule has 0 bridgehead atoms. The predicted molar refractivity (Wildman–Crippen MR) is 134 cm³/mol. The fourth-order valence-corrected chi connectivity index (χ4v) is 5.80. The monoisotopic (exact) mass is 500 g/mol. The number of hydrogen-bond acceptors (Lipinski definition) is 6. The second kappa shape index (κ2) is 12.2. The van der Waals surface area contributed by atoms with Crippen LogP contribution in [0.5, 0.6) is 0 Å². The number of aliphatic hydroxyl groups is 1. The maximum absolute atomic E-state index is 10.9. The molecule has 0 spiro atoms. The van der Waals surface area contributed by atoms with Gasteiger partial charge in [0.15, 0.2) is 5.85 Å². The van der Waals surface area contributed by atoms with Crippen LogP contribution in [0.15, 0.2) is 91.0 Å². The lowest BCUT2D eigenvalue weighted by Crippen LogP contribution is -2.54. The van der Waals surface area contributed by atoms with Crippen LogP contribution >= 0.6 is 6.49 Å². The molecule has 2 N–H and O–H groups in total. The Labute approximate surface area is 205 Å². The Hall–Kier alpha value is -1.93. The van der Waals surface area contributed by atoms with E-state index in [2.05, 4.69) is 0 Å². The van der Waals surface area contributed by atoms with Crippen molar-refractivity contribution in [1.82, 2.24) is 0 Å². The number of hydrogen-bond donors (Lipinski definition) is 2. The van der Waals surface area contributed by atoms with Crippen molar-refractivity contribution in [3.05, 3.63) is 108 Å². The Morgan fingerprint density at radius 1 is 0.706 bits per heavy atom. The summed E-state index contributed by atoms with van der Waals surface area (Å²) in [5.74, 6) is -1.38. The molecule has 0 aliphatic carbocycles. The van der Waals surface area contributed by atoms with Crippen molar-refractivity contribution >= 4 is 18.3 Å². The van der Waals surface area contributed by atoms with Gasteiger partial charge in [-0.25, -0.2) is 0 Å². The summed E-state index contributed by atoms with van der Waals surface area (Å²) in [4.78, 5) is 10.8. The van der Waals surface area contributed by atoms with E-state index >= 15 is 0 Å². The molecule has 0 radical (unpaired) electrons. The molecular weight excluding hydrogens is 471 g/mol. The van der Waals surface area contributed by atoms with E-state index < -0.39 is 30.6 Å². The van der Waals surface area contributed by atoms with Crippen LogP contribution in [-0.2, 0) is 50.4 Å². The van der Waals surface area contributed by atoms with Gasteiger partial charge in [-0.15, -0.1) is 0 Å². The summed E-state index contributed by atoms with van der Waals surface area (Å²) in [6, 6.07) is 29.1. The lowest BCUT2D eigenvalue weighted by Gasteiger charge is -2.43. The lowest BCUT2D eigenvalue weighted by atomic mass is 10.1. The summed E-state index contributed by atoms with van der Waals surface area (Å²) < 4.78 is 24.0. The zero-order chi connectivity index (χ0) is 23.8. The van der Waals surface area contributed by atoms with E-state index in [1.54, 1.807) is 0 Å². The smallest absolute Gasteiger partial charge is 0.218 e. The fourth-order valence-electron chi connectivity index (χ4n) is 3.79. The molecule has 1 heterocycles. The zero-order valence-corrected chi connectivity index (χ0v) is 20.4. The highest BCUT2D eigenvalue weighted by atomic mass is 32.5. The lowest BCUT2D eigenvalue weighted by molar-refractivity contribution is -0.176. The minimum atomic E-state index is -3.55. The highest BCUT2D eigenvalue weighted by Gasteiger charge is 2.50. The van der Waals surface area contributed by atoms with E-state index in [1.165, 1.54) is 0 Å². The van der Waals surface area contributed by atoms with E-state index in [4.69, 9.17) is 30.5 Å². The van der Waals surface area contributed by atoms with E-state index in [1.807, 2.05) is 91.0 Å². The molecule has 6 nitrogen and oxygen atoms in total. The van der Waals surface area contributed by atoms with Gasteiger partial charge in [0.05, 0.1) is 26.4 Å². The van der Waals surface area contributed by atoms with Crippen LogP contribution in [0, 0.1) is 0 Å². The molecule has 8 heteroatoms. The molecule has 5 atom stereocenters. The maximum atomic E-state index is 10.9. The Morgan fingerprint density at radius 3 is 1.65 bits per heavy atom. The van der Waals surface area contributed by atoms with Crippen molar-refractivity contribution in [2.45, 2.75) is 44.0 Å². The van der Waals surface area contributed by atoms with Crippen molar-refractivity contribution in [2.24, 2.45) is 0 Å². The van der Waals surface area contributed by atoms with Crippen LogP contribution in [0.1, 0.15) is 16.7 Å². The summed E-state index contributed by atoms with van der Waals surface area (Å²) in [7, 11) is 0. The van der Waals surface area contributed by atoms with Gasteiger partial charge in [-0.1, -0.05) is 91.0 Å². The largest absolute Gasteiger partial charge is 0.380 e. The highest BCUT2D eigenvalue weighted by molar-refractivity contribution is 8.09. The van der Waals surface area contributed by atoms with Gasteiger partial charge in [0, 0.05) is 0 Å². The molecule has 4 rings (SSSR count). The van der Waals surface area contributed by atoms with Crippen LogP contribution < -0.4 is 0 Å². The van der Waals surface area contributed by atoms with Crippen molar-refractivity contribution < 1.29 is 28.7 Å². The first kappa shape index (κ1) is 25.2. The van der Waals surface area contributed by atoms with Crippen LogP contribution in [0.4, 0.5) is 0 Å². The minimum Gasteiger partial charge on any atom is -0.380 e. The molecule has 1 unspecified atom stereocenters.